The van der Waals surface area contributed by atoms with Gasteiger partial charge in [0.1, 0.15) is 0 Å². The Balaban J connectivity index is 2.15. The Morgan fingerprint density at radius 1 is 1.75 bits per heavy atom. The molecule has 5 heteroatoms. The normalized spacial score (nSPS) is 24.8. The van der Waals surface area contributed by atoms with Gasteiger partial charge in [-0.05, 0) is 13.0 Å². The maximum Gasteiger partial charge on any atom is 0.219 e. The zero-order valence-electron chi connectivity index (χ0n) is 9.57. The van der Waals surface area contributed by atoms with E-state index in [1.807, 2.05) is 10.8 Å². The van der Waals surface area contributed by atoms with Crippen molar-refractivity contribution in [3.05, 3.63) is 18.2 Å². The molecule has 1 fully saturated rings. The van der Waals surface area contributed by atoms with Crippen molar-refractivity contribution in [3.63, 3.8) is 0 Å². The molecule has 16 heavy (non-hydrogen) atoms. The highest BCUT2D eigenvalue weighted by molar-refractivity contribution is 5.73. The molecule has 0 bridgehead atoms. The summed E-state index contributed by atoms with van der Waals surface area (Å²) in [5, 5.41) is 3.36. The lowest BCUT2D eigenvalue weighted by Gasteiger charge is -2.24. The lowest BCUT2D eigenvalue weighted by atomic mass is 9.86. The number of primary amides is 1. The molecular formula is C11H18N4O. The molecule has 1 saturated heterocycles. The number of hydrogen-bond acceptors (Lipinski definition) is 3. The van der Waals surface area contributed by atoms with Crippen molar-refractivity contribution < 1.29 is 4.79 Å². The topological polar surface area (TPSA) is 72.9 Å². The van der Waals surface area contributed by atoms with Crippen molar-refractivity contribution in [2.24, 2.45) is 5.73 Å². The molecule has 88 valence electrons. The van der Waals surface area contributed by atoms with Crippen LogP contribution in [0.2, 0.25) is 0 Å². The van der Waals surface area contributed by atoms with Gasteiger partial charge < -0.3 is 15.6 Å². The number of nitrogens with zero attached hydrogens (tertiary/aromatic N) is 2. The summed E-state index contributed by atoms with van der Waals surface area (Å²) < 4.78 is 2.04. The van der Waals surface area contributed by atoms with Crippen LogP contribution in [0, 0.1) is 0 Å². The van der Waals surface area contributed by atoms with Gasteiger partial charge in [-0.25, -0.2) is 4.98 Å². The second-order valence-electron chi connectivity index (χ2n) is 4.68. The number of aryl methyl sites for hydroxylation is 1. The predicted octanol–water partition coefficient (Wildman–Crippen LogP) is 0.00950. The van der Waals surface area contributed by atoms with Crippen LogP contribution in [-0.4, -0.2) is 28.5 Å². The molecule has 2 rings (SSSR count). The number of hydrogen-bond donors (Lipinski definition) is 2. The number of aromatic nitrogens is 2. The molecule has 1 unspecified atom stereocenters. The van der Waals surface area contributed by atoms with Gasteiger partial charge in [0.15, 0.2) is 0 Å². The van der Waals surface area contributed by atoms with Crippen molar-refractivity contribution in [2.45, 2.75) is 31.7 Å². The van der Waals surface area contributed by atoms with Crippen molar-refractivity contribution in [1.82, 2.24) is 14.9 Å². The first kappa shape index (κ1) is 11.1. The SMILES string of the molecule is CC1(c2cncn2CCC(N)=O)CCNC1. The Labute approximate surface area is 95.0 Å². The summed E-state index contributed by atoms with van der Waals surface area (Å²) in [5.41, 5.74) is 6.49. The third-order valence-corrected chi connectivity index (χ3v) is 3.30. The smallest absolute Gasteiger partial charge is 0.219 e. The number of carbonyl (C=O) groups is 1. The van der Waals surface area contributed by atoms with Gasteiger partial charge in [0, 0.05) is 36.8 Å². The van der Waals surface area contributed by atoms with Gasteiger partial charge in [-0.3, -0.25) is 4.79 Å². The second kappa shape index (κ2) is 4.25. The van der Waals surface area contributed by atoms with E-state index < -0.39 is 0 Å². The van der Waals surface area contributed by atoms with Crippen LogP contribution >= 0.6 is 0 Å². The molecule has 0 spiro atoms. The number of carbonyl (C=O) groups excluding carboxylic acids is 1. The maximum atomic E-state index is 10.8. The first-order chi connectivity index (χ1) is 7.62. The highest BCUT2D eigenvalue weighted by Crippen LogP contribution is 2.29. The third-order valence-electron chi connectivity index (χ3n) is 3.30. The molecule has 1 atom stereocenters. The fourth-order valence-electron chi connectivity index (χ4n) is 2.27. The molecule has 0 aliphatic carbocycles. The minimum absolute atomic E-state index is 0.133. The van der Waals surface area contributed by atoms with Crippen LogP contribution in [-0.2, 0) is 16.8 Å². The minimum atomic E-state index is -0.269. The number of nitrogens with one attached hydrogen (secondary N) is 1. The van der Waals surface area contributed by atoms with E-state index in [4.69, 9.17) is 5.73 Å². The molecule has 5 nitrogen and oxygen atoms in total. The summed E-state index contributed by atoms with van der Waals surface area (Å²) in [6.45, 7) is 4.86. The Kier molecular flexibility index (Phi) is 2.96. The Morgan fingerprint density at radius 3 is 3.19 bits per heavy atom. The van der Waals surface area contributed by atoms with Crippen LogP contribution in [0.1, 0.15) is 25.5 Å². The first-order valence-electron chi connectivity index (χ1n) is 5.61. The summed E-state index contributed by atoms with van der Waals surface area (Å²) in [7, 11) is 0. The van der Waals surface area contributed by atoms with Crippen molar-refractivity contribution in [1.29, 1.82) is 0 Å². The van der Waals surface area contributed by atoms with Crippen molar-refractivity contribution >= 4 is 5.91 Å². The quantitative estimate of drug-likeness (QED) is 0.753. The van der Waals surface area contributed by atoms with E-state index in [1.54, 1.807) is 6.33 Å². The van der Waals surface area contributed by atoms with Gasteiger partial charge in [-0.2, -0.15) is 0 Å². The highest BCUT2D eigenvalue weighted by Gasteiger charge is 2.33. The average molecular weight is 222 g/mol. The van der Waals surface area contributed by atoms with Crippen LogP contribution in [0.25, 0.3) is 0 Å². The van der Waals surface area contributed by atoms with Gasteiger partial charge in [-0.15, -0.1) is 0 Å². The average Bonchev–Trinajstić information content (AvgIpc) is 2.83. The molecule has 0 saturated carbocycles. The van der Waals surface area contributed by atoms with E-state index in [0.717, 1.165) is 19.5 Å². The molecule has 0 radical (unpaired) electrons. The predicted molar refractivity (Wildman–Crippen MR) is 60.9 cm³/mol. The van der Waals surface area contributed by atoms with E-state index in [0.29, 0.717) is 13.0 Å². The monoisotopic (exact) mass is 222 g/mol. The number of rotatable bonds is 4. The largest absolute Gasteiger partial charge is 0.370 e. The molecular weight excluding hydrogens is 204 g/mol. The summed E-state index contributed by atoms with van der Waals surface area (Å²) in [6.07, 6.45) is 5.15. The standard InChI is InChI=1S/C11H18N4O/c1-11(3-4-13-7-11)9-6-14-8-15(9)5-2-10(12)16/h6,8,13H,2-5,7H2,1H3,(H2,12,16). The third kappa shape index (κ3) is 2.09. The van der Waals surface area contributed by atoms with E-state index in [-0.39, 0.29) is 11.3 Å². The van der Waals surface area contributed by atoms with Gasteiger partial charge >= 0.3 is 0 Å². The van der Waals surface area contributed by atoms with Crippen molar-refractivity contribution in [3.8, 4) is 0 Å². The summed E-state index contributed by atoms with van der Waals surface area (Å²) in [5.74, 6) is -0.269. The Hall–Kier alpha value is -1.36. The van der Waals surface area contributed by atoms with Crippen LogP contribution in [0.3, 0.4) is 0 Å². The fourth-order valence-corrected chi connectivity index (χ4v) is 2.27. The maximum absolute atomic E-state index is 10.8. The number of nitrogens with two attached hydrogens (primary N) is 1. The summed E-state index contributed by atoms with van der Waals surface area (Å²) in [4.78, 5) is 15.0. The van der Waals surface area contributed by atoms with Crippen molar-refractivity contribution in [2.75, 3.05) is 13.1 Å². The lowest BCUT2D eigenvalue weighted by Crippen LogP contribution is -2.28. The van der Waals surface area contributed by atoms with Gasteiger partial charge in [0.25, 0.3) is 0 Å². The summed E-state index contributed by atoms with van der Waals surface area (Å²) in [6, 6.07) is 0. The fraction of sp³-hybridized carbons (Fsp3) is 0.636. The highest BCUT2D eigenvalue weighted by atomic mass is 16.1. The summed E-state index contributed by atoms with van der Waals surface area (Å²) >= 11 is 0. The van der Waals surface area contributed by atoms with E-state index in [9.17, 15) is 4.79 Å². The van der Waals surface area contributed by atoms with Gasteiger partial charge in [0.05, 0.1) is 6.33 Å². The van der Waals surface area contributed by atoms with Crippen LogP contribution in [0.4, 0.5) is 0 Å². The zero-order chi connectivity index (χ0) is 11.6. The van der Waals surface area contributed by atoms with Crippen LogP contribution in [0.5, 0.6) is 0 Å². The minimum Gasteiger partial charge on any atom is -0.370 e. The lowest BCUT2D eigenvalue weighted by molar-refractivity contribution is -0.118. The van der Waals surface area contributed by atoms with E-state index in [1.165, 1.54) is 5.69 Å². The molecule has 2 heterocycles. The second-order valence-corrected chi connectivity index (χ2v) is 4.68. The number of amides is 1. The molecule has 1 aromatic rings. The molecule has 1 aliphatic heterocycles. The molecule has 0 aromatic carbocycles. The number of imidazole rings is 1. The van der Waals surface area contributed by atoms with Gasteiger partial charge in [0.2, 0.25) is 5.91 Å². The Bertz CT molecular complexity index is 379. The molecule has 1 aliphatic rings. The first-order valence-corrected chi connectivity index (χ1v) is 5.61. The zero-order valence-corrected chi connectivity index (χ0v) is 9.57. The molecule has 1 amide bonds. The molecule has 1 aromatic heterocycles. The Morgan fingerprint density at radius 2 is 2.56 bits per heavy atom. The van der Waals surface area contributed by atoms with Crippen LogP contribution in [0.15, 0.2) is 12.5 Å². The molecule has 3 N–H and O–H groups in total. The van der Waals surface area contributed by atoms with Gasteiger partial charge in [-0.1, -0.05) is 6.92 Å². The van der Waals surface area contributed by atoms with E-state index in [2.05, 4.69) is 17.2 Å². The van der Waals surface area contributed by atoms with E-state index >= 15 is 0 Å². The van der Waals surface area contributed by atoms with Crippen LogP contribution < -0.4 is 11.1 Å².